The molecule has 0 bridgehead atoms. The van der Waals surface area contributed by atoms with Crippen LogP contribution in [-0.4, -0.2) is 5.97 Å². The lowest BCUT2D eigenvalue weighted by molar-refractivity contribution is 0.0724. The number of rotatable bonds is 10. The topological polar surface area (TPSA) is 50.1 Å². The van der Waals surface area contributed by atoms with Gasteiger partial charge in [-0.3, -0.25) is 0 Å². The van der Waals surface area contributed by atoms with Gasteiger partial charge in [-0.05, 0) is 73.2 Å². The molecule has 3 rings (SSSR count). The van der Waals surface area contributed by atoms with Crippen molar-refractivity contribution in [2.24, 2.45) is 0 Å². The summed E-state index contributed by atoms with van der Waals surface area (Å²) in [5.41, 5.74) is 2.33. The second kappa shape index (κ2) is 12.1. The molecule has 172 valence electrons. The molecule has 0 atom stereocenters. The predicted molar refractivity (Wildman–Crippen MR) is 126 cm³/mol. The predicted octanol–water partition coefficient (Wildman–Crippen LogP) is 7.91. The molecule has 5 heteroatoms. The van der Waals surface area contributed by atoms with E-state index < -0.39 is 23.2 Å². The summed E-state index contributed by atoms with van der Waals surface area (Å²) < 4.78 is 34.4. The van der Waals surface area contributed by atoms with Gasteiger partial charge < -0.3 is 4.74 Å². The number of hydrogen-bond donors (Lipinski definition) is 0. The third kappa shape index (κ3) is 6.86. The van der Waals surface area contributed by atoms with Gasteiger partial charge in [-0.2, -0.15) is 5.26 Å². The summed E-state index contributed by atoms with van der Waals surface area (Å²) in [7, 11) is 0. The van der Waals surface area contributed by atoms with Gasteiger partial charge in [0.25, 0.3) is 0 Å². The smallest absolute Gasteiger partial charge is 0.349 e. The van der Waals surface area contributed by atoms with Gasteiger partial charge in [-0.25, -0.2) is 13.6 Å². The molecule has 0 unspecified atom stereocenters. The first kappa shape index (κ1) is 24.4. The lowest BCUT2D eigenvalue weighted by Gasteiger charge is -2.16. The van der Waals surface area contributed by atoms with Crippen LogP contribution in [0.25, 0.3) is 5.57 Å². The Morgan fingerprint density at radius 3 is 2.24 bits per heavy atom. The van der Waals surface area contributed by atoms with E-state index in [0.29, 0.717) is 11.1 Å². The van der Waals surface area contributed by atoms with Crippen LogP contribution in [0.15, 0.2) is 54.1 Å². The molecule has 0 fully saturated rings. The van der Waals surface area contributed by atoms with E-state index in [1.54, 1.807) is 0 Å². The first-order valence-electron chi connectivity index (χ1n) is 11.6. The summed E-state index contributed by atoms with van der Waals surface area (Å²) in [6.45, 7) is 2.21. The summed E-state index contributed by atoms with van der Waals surface area (Å²) in [5.74, 6) is -2.90. The Hall–Kier alpha value is -3.26. The molecular formula is C28H29F2NO2. The largest absolute Gasteiger partial charge is 0.423 e. The molecule has 2 aromatic rings. The number of carbonyl (C=O) groups excluding carboxylic acids is 1. The lowest BCUT2D eigenvalue weighted by atomic mass is 9.90. The minimum atomic E-state index is -1.11. The van der Waals surface area contributed by atoms with Crippen molar-refractivity contribution in [3.05, 3.63) is 82.4 Å². The van der Waals surface area contributed by atoms with Gasteiger partial charge in [-0.1, -0.05) is 56.8 Å². The first-order chi connectivity index (χ1) is 16.0. The molecule has 0 heterocycles. The Bertz CT molecular complexity index is 1060. The Kier molecular flexibility index (Phi) is 8.95. The molecule has 0 radical (unpaired) electrons. The van der Waals surface area contributed by atoms with Gasteiger partial charge in [0.1, 0.15) is 22.9 Å². The van der Waals surface area contributed by atoms with E-state index in [2.05, 4.69) is 13.0 Å². The number of nitriles is 1. The van der Waals surface area contributed by atoms with Crippen molar-refractivity contribution in [3.63, 3.8) is 0 Å². The van der Waals surface area contributed by atoms with Crippen molar-refractivity contribution in [2.45, 2.75) is 64.7 Å². The van der Waals surface area contributed by atoms with Crippen LogP contribution >= 0.6 is 0 Å². The Morgan fingerprint density at radius 2 is 1.64 bits per heavy atom. The van der Waals surface area contributed by atoms with Crippen LogP contribution < -0.4 is 4.74 Å². The Morgan fingerprint density at radius 1 is 0.970 bits per heavy atom. The van der Waals surface area contributed by atoms with Gasteiger partial charge in [0, 0.05) is 0 Å². The molecule has 2 aromatic carbocycles. The van der Waals surface area contributed by atoms with Crippen LogP contribution in [0.1, 0.15) is 86.2 Å². The minimum absolute atomic E-state index is 0.111. The number of ether oxygens (including phenoxy) is 1. The molecule has 0 N–H and O–H groups in total. The third-order valence-corrected chi connectivity index (χ3v) is 5.90. The number of benzene rings is 2. The normalized spacial score (nSPS) is 13.2. The molecule has 0 aliphatic heterocycles. The second-order valence-electron chi connectivity index (χ2n) is 8.38. The van der Waals surface area contributed by atoms with Crippen molar-refractivity contribution in [1.82, 2.24) is 0 Å². The van der Waals surface area contributed by atoms with E-state index in [0.717, 1.165) is 24.8 Å². The number of unbranched alkanes of at least 4 members (excludes halogenated alkanes) is 5. The summed E-state index contributed by atoms with van der Waals surface area (Å²) in [5, 5.41) is 8.82. The number of hydrogen-bond acceptors (Lipinski definition) is 3. The fourth-order valence-corrected chi connectivity index (χ4v) is 3.97. The van der Waals surface area contributed by atoms with Crippen molar-refractivity contribution in [1.29, 1.82) is 5.26 Å². The van der Waals surface area contributed by atoms with E-state index in [4.69, 9.17) is 10.00 Å². The van der Waals surface area contributed by atoms with Crippen LogP contribution in [0, 0.1) is 23.0 Å². The summed E-state index contributed by atoms with van der Waals surface area (Å²) in [4.78, 5) is 12.3. The summed E-state index contributed by atoms with van der Waals surface area (Å²) >= 11 is 0. The van der Waals surface area contributed by atoms with Gasteiger partial charge >= 0.3 is 5.97 Å². The van der Waals surface area contributed by atoms with Gasteiger partial charge in [0.05, 0.1) is 11.6 Å². The van der Waals surface area contributed by atoms with Crippen LogP contribution in [0.4, 0.5) is 8.78 Å². The molecule has 0 amide bonds. The Balaban J connectivity index is 1.63. The number of allylic oxidation sites excluding steroid dienone is 4. The lowest BCUT2D eigenvalue weighted by Crippen LogP contribution is -2.14. The highest BCUT2D eigenvalue weighted by Gasteiger charge is 2.22. The monoisotopic (exact) mass is 449 g/mol. The first-order valence-corrected chi connectivity index (χ1v) is 11.6. The summed E-state index contributed by atoms with van der Waals surface area (Å²) in [6.07, 6.45) is 14.2. The van der Waals surface area contributed by atoms with E-state index in [1.165, 1.54) is 80.5 Å². The van der Waals surface area contributed by atoms with Gasteiger partial charge in [0.15, 0.2) is 0 Å². The number of carbonyl (C=O) groups is 1. The minimum Gasteiger partial charge on any atom is -0.423 e. The molecular weight excluding hydrogens is 420 g/mol. The maximum Gasteiger partial charge on any atom is 0.349 e. The van der Waals surface area contributed by atoms with E-state index in [1.807, 2.05) is 12.1 Å². The molecule has 0 saturated carbocycles. The summed E-state index contributed by atoms with van der Waals surface area (Å²) in [6, 6.07) is 10.1. The van der Waals surface area contributed by atoms with Crippen molar-refractivity contribution >= 4 is 11.5 Å². The quantitative estimate of drug-likeness (QED) is 0.210. The fourth-order valence-electron chi connectivity index (χ4n) is 3.97. The second-order valence-corrected chi connectivity index (χ2v) is 8.38. The van der Waals surface area contributed by atoms with Crippen LogP contribution in [0.5, 0.6) is 5.75 Å². The van der Waals surface area contributed by atoms with Crippen LogP contribution in [-0.2, 0) is 0 Å². The average molecular weight is 450 g/mol. The van der Waals surface area contributed by atoms with Crippen molar-refractivity contribution in [2.75, 3.05) is 0 Å². The van der Waals surface area contributed by atoms with Crippen molar-refractivity contribution < 1.29 is 18.3 Å². The van der Waals surface area contributed by atoms with E-state index in [9.17, 15) is 13.6 Å². The molecule has 33 heavy (non-hydrogen) atoms. The average Bonchev–Trinajstić information content (AvgIpc) is 2.81. The maximum absolute atomic E-state index is 14.7. The van der Waals surface area contributed by atoms with Crippen molar-refractivity contribution in [3.8, 4) is 11.8 Å². The third-order valence-electron chi connectivity index (χ3n) is 5.90. The SMILES string of the molecule is CCCCCCCCC1=CC=C(c2cc(F)c(C(=O)Oc3ccc(C#N)cc3)c(F)c2)CC1. The highest BCUT2D eigenvalue weighted by Crippen LogP contribution is 2.31. The van der Waals surface area contributed by atoms with Crippen LogP contribution in [0.2, 0.25) is 0 Å². The zero-order valence-electron chi connectivity index (χ0n) is 19.0. The fraction of sp³-hybridized carbons (Fsp3) is 0.357. The maximum atomic E-state index is 14.7. The molecule has 1 aliphatic rings. The van der Waals surface area contributed by atoms with Gasteiger partial charge in [0.2, 0.25) is 0 Å². The standard InChI is InChI=1S/C28H29F2NO2/c1-2-3-4-5-6-7-8-20-9-13-22(14-10-20)23-17-25(29)27(26(30)18-23)28(32)33-24-15-11-21(19-31)12-16-24/h9,11-13,15-18H,2-8,10,14H2,1H3. The van der Waals surface area contributed by atoms with Crippen LogP contribution in [0.3, 0.4) is 0 Å². The number of halogens is 2. The molecule has 1 aliphatic carbocycles. The zero-order valence-corrected chi connectivity index (χ0v) is 19.0. The highest BCUT2D eigenvalue weighted by atomic mass is 19.1. The Labute approximate surface area is 194 Å². The van der Waals surface area contributed by atoms with E-state index >= 15 is 0 Å². The molecule has 3 nitrogen and oxygen atoms in total. The number of esters is 1. The molecule has 0 aromatic heterocycles. The van der Waals surface area contributed by atoms with E-state index in [-0.39, 0.29) is 5.75 Å². The van der Waals surface area contributed by atoms with Gasteiger partial charge in [-0.15, -0.1) is 0 Å². The highest BCUT2D eigenvalue weighted by molar-refractivity contribution is 5.92. The zero-order chi connectivity index (χ0) is 23.6. The molecule has 0 spiro atoms. The molecule has 0 saturated heterocycles. The number of nitrogens with zero attached hydrogens (tertiary/aromatic N) is 1.